The summed E-state index contributed by atoms with van der Waals surface area (Å²) in [6.45, 7) is 9.58. The van der Waals surface area contributed by atoms with Gasteiger partial charge in [-0.15, -0.1) is 0 Å². The Kier molecular flexibility index (Phi) is 4.58. The Bertz CT molecular complexity index is 563. The molecule has 1 aliphatic heterocycles. The number of benzene rings is 1. The van der Waals surface area contributed by atoms with E-state index >= 15 is 0 Å². The van der Waals surface area contributed by atoms with Crippen LogP contribution >= 0.6 is 0 Å². The van der Waals surface area contributed by atoms with Crippen LogP contribution in [0.1, 0.15) is 32.4 Å². The molecular weight excluding hydrogens is 286 g/mol. The Morgan fingerprint density at radius 3 is 2.36 bits per heavy atom. The Labute approximate surface area is 129 Å². The van der Waals surface area contributed by atoms with Gasteiger partial charge in [0.25, 0.3) is 0 Å². The van der Waals surface area contributed by atoms with E-state index in [2.05, 4.69) is 31.0 Å². The van der Waals surface area contributed by atoms with Crippen LogP contribution < -0.4 is 5.32 Å². The molecule has 1 aromatic carbocycles. The van der Waals surface area contributed by atoms with Crippen LogP contribution in [0.15, 0.2) is 12.1 Å². The minimum Gasteiger partial charge on any atom is -0.504 e. The first-order valence-corrected chi connectivity index (χ1v) is 7.37. The van der Waals surface area contributed by atoms with Gasteiger partial charge in [-0.05, 0) is 17.0 Å². The van der Waals surface area contributed by atoms with Gasteiger partial charge in [0.2, 0.25) is 5.75 Å². The van der Waals surface area contributed by atoms with Crippen molar-refractivity contribution in [2.24, 2.45) is 5.41 Å². The van der Waals surface area contributed by atoms with Gasteiger partial charge in [0.1, 0.15) is 0 Å². The van der Waals surface area contributed by atoms with Gasteiger partial charge in [-0.2, -0.15) is 0 Å². The first kappa shape index (κ1) is 16.5. The molecule has 1 aliphatic rings. The predicted molar refractivity (Wildman–Crippen MR) is 83.1 cm³/mol. The zero-order valence-electron chi connectivity index (χ0n) is 13.2. The molecule has 1 saturated heterocycles. The fourth-order valence-corrected chi connectivity index (χ4v) is 3.12. The maximum Gasteiger partial charge on any atom is 0.314 e. The van der Waals surface area contributed by atoms with Gasteiger partial charge in [-0.25, -0.2) is 0 Å². The molecule has 122 valence electrons. The fourth-order valence-electron chi connectivity index (χ4n) is 3.12. The summed E-state index contributed by atoms with van der Waals surface area (Å²) in [6, 6.07) is 2.72. The molecule has 1 atom stereocenters. The molecule has 3 N–H and O–H groups in total. The number of nitrogens with zero attached hydrogens (tertiary/aromatic N) is 2. The first-order valence-electron chi connectivity index (χ1n) is 7.37. The third kappa shape index (κ3) is 3.31. The minimum atomic E-state index is -0.679. The number of hydrogen-bond acceptors (Lipinski definition) is 6. The van der Waals surface area contributed by atoms with Crippen molar-refractivity contribution in [1.82, 2.24) is 10.2 Å². The number of nitro benzene ring substituents is 1. The monoisotopic (exact) mass is 309 g/mol. The van der Waals surface area contributed by atoms with Crippen LogP contribution in [0.2, 0.25) is 0 Å². The molecule has 0 spiro atoms. The maximum absolute atomic E-state index is 11.1. The van der Waals surface area contributed by atoms with Crippen LogP contribution in [0.25, 0.3) is 0 Å². The highest BCUT2D eigenvalue weighted by Crippen LogP contribution is 2.44. The topological polar surface area (TPSA) is 98.9 Å². The Morgan fingerprint density at radius 2 is 1.86 bits per heavy atom. The lowest BCUT2D eigenvalue weighted by molar-refractivity contribution is -0.386. The van der Waals surface area contributed by atoms with Crippen molar-refractivity contribution in [2.45, 2.75) is 26.8 Å². The molecule has 0 aromatic heterocycles. The van der Waals surface area contributed by atoms with Crippen LogP contribution in [0, 0.1) is 15.5 Å². The molecule has 0 saturated carbocycles. The fraction of sp³-hybridized carbons (Fsp3) is 0.600. The summed E-state index contributed by atoms with van der Waals surface area (Å²) in [4.78, 5) is 12.7. The number of nitro groups is 1. The van der Waals surface area contributed by atoms with Gasteiger partial charge in [0, 0.05) is 38.3 Å². The Balaban J connectivity index is 2.50. The summed E-state index contributed by atoms with van der Waals surface area (Å²) in [6.07, 6.45) is 0. The lowest BCUT2D eigenvalue weighted by Gasteiger charge is -2.42. The van der Waals surface area contributed by atoms with E-state index in [1.807, 2.05) is 0 Å². The van der Waals surface area contributed by atoms with Crippen LogP contribution in [-0.2, 0) is 0 Å². The molecule has 7 nitrogen and oxygen atoms in total. The molecule has 2 rings (SSSR count). The van der Waals surface area contributed by atoms with Crippen molar-refractivity contribution in [1.29, 1.82) is 0 Å². The summed E-state index contributed by atoms with van der Waals surface area (Å²) in [5, 5.41) is 33.9. The summed E-state index contributed by atoms with van der Waals surface area (Å²) < 4.78 is 0. The van der Waals surface area contributed by atoms with E-state index in [0.717, 1.165) is 26.2 Å². The lowest BCUT2D eigenvalue weighted by atomic mass is 9.80. The van der Waals surface area contributed by atoms with Crippen LogP contribution in [-0.4, -0.2) is 46.2 Å². The van der Waals surface area contributed by atoms with E-state index in [-0.39, 0.29) is 11.5 Å². The zero-order chi connectivity index (χ0) is 16.5. The van der Waals surface area contributed by atoms with E-state index in [0.29, 0.717) is 5.56 Å². The smallest absolute Gasteiger partial charge is 0.314 e. The Morgan fingerprint density at radius 1 is 1.27 bits per heavy atom. The highest BCUT2D eigenvalue weighted by Gasteiger charge is 2.34. The third-order valence-corrected chi connectivity index (χ3v) is 3.94. The van der Waals surface area contributed by atoms with Gasteiger partial charge in [0.15, 0.2) is 5.75 Å². The van der Waals surface area contributed by atoms with Gasteiger partial charge >= 0.3 is 5.69 Å². The predicted octanol–water partition coefficient (Wildman–Crippen LogP) is 2.00. The minimum absolute atomic E-state index is 0.0835. The van der Waals surface area contributed by atoms with Gasteiger partial charge in [0.05, 0.1) is 4.92 Å². The molecule has 1 aromatic rings. The third-order valence-electron chi connectivity index (χ3n) is 3.94. The molecule has 0 bridgehead atoms. The number of hydrogen-bond donors (Lipinski definition) is 3. The van der Waals surface area contributed by atoms with Crippen LogP contribution in [0.3, 0.4) is 0 Å². The molecule has 7 heteroatoms. The molecule has 0 aliphatic carbocycles. The molecule has 0 amide bonds. The lowest BCUT2D eigenvalue weighted by Crippen LogP contribution is -2.48. The standard InChI is InChI=1S/C15H23N3O4/c1-15(2,3)14(17-6-4-16-5-7-17)10-8-11(18(21)22)13(20)12(19)9-10/h8-9,14,16,19-20H,4-7H2,1-3H3/t14-/m1/s1. The van der Waals surface area contributed by atoms with Crippen LogP contribution in [0.5, 0.6) is 11.5 Å². The van der Waals surface area contributed by atoms with E-state index in [9.17, 15) is 20.3 Å². The summed E-state index contributed by atoms with van der Waals surface area (Å²) in [5.41, 5.74) is 0.0185. The molecule has 0 radical (unpaired) electrons. The van der Waals surface area contributed by atoms with E-state index in [1.54, 1.807) is 0 Å². The van der Waals surface area contributed by atoms with Gasteiger partial charge < -0.3 is 15.5 Å². The second kappa shape index (κ2) is 6.10. The normalized spacial score (nSPS) is 18.1. The number of aromatic hydroxyl groups is 2. The van der Waals surface area contributed by atoms with Crippen LogP contribution in [0.4, 0.5) is 5.69 Å². The zero-order valence-corrected chi connectivity index (χ0v) is 13.2. The number of nitrogens with one attached hydrogen (secondary N) is 1. The second-order valence-corrected chi connectivity index (χ2v) is 6.72. The summed E-state index contributed by atoms with van der Waals surface area (Å²) >= 11 is 0. The molecule has 22 heavy (non-hydrogen) atoms. The number of rotatable bonds is 3. The van der Waals surface area contributed by atoms with Crippen molar-refractivity contribution in [2.75, 3.05) is 26.2 Å². The highest BCUT2D eigenvalue weighted by atomic mass is 16.6. The van der Waals surface area contributed by atoms with Crippen molar-refractivity contribution in [3.63, 3.8) is 0 Å². The molecule has 1 heterocycles. The molecule has 1 fully saturated rings. The van der Waals surface area contributed by atoms with Crippen molar-refractivity contribution in [3.05, 3.63) is 27.8 Å². The largest absolute Gasteiger partial charge is 0.504 e. The first-order chi connectivity index (χ1) is 10.2. The van der Waals surface area contributed by atoms with E-state index < -0.39 is 22.1 Å². The quantitative estimate of drug-likeness (QED) is 0.449. The SMILES string of the molecule is CC(C)(C)[C@@H](c1cc(O)c(O)c([N+](=O)[O-])c1)N1CCNCC1. The Hall–Kier alpha value is -1.86. The number of phenols is 2. The van der Waals surface area contributed by atoms with Crippen molar-refractivity contribution in [3.8, 4) is 11.5 Å². The number of piperazine rings is 1. The highest BCUT2D eigenvalue weighted by molar-refractivity contribution is 5.57. The van der Waals surface area contributed by atoms with Crippen molar-refractivity contribution >= 4 is 5.69 Å². The second-order valence-electron chi connectivity index (χ2n) is 6.72. The molecule has 0 unspecified atom stereocenters. The van der Waals surface area contributed by atoms with Gasteiger partial charge in [-0.3, -0.25) is 15.0 Å². The van der Waals surface area contributed by atoms with E-state index in [4.69, 9.17) is 0 Å². The van der Waals surface area contributed by atoms with E-state index in [1.165, 1.54) is 12.1 Å². The number of phenolic OH excluding ortho intramolecular Hbond substituents is 2. The van der Waals surface area contributed by atoms with Gasteiger partial charge in [-0.1, -0.05) is 20.8 Å². The summed E-state index contributed by atoms with van der Waals surface area (Å²) in [7, 11) is 0. The van der Waals surface area contributed by atoms with Crippen molar-refractivity contribution < 1.29 is 15.1 Å². The average molecular weight is 309 g/mol. The maximum atomic E-state index is 11.1. The molecular formula is C15H23N3O4. The average Bonchev–Trinajstić information content (AvgIpc) is 2.42. The summed E-state index contributed by atoms with van der Waals surface area (Å²) in [5.74, 6) is -1.13.